The van der Waals surface area contributed by atoms with Crippen molar-refractivity contribution in [2.24, 2.45) is 0 Å². The molecule has 1 N–H and O–H groups in total. The third-order valence-electron chi connectivity index (χ3n) is 4.27. The highest BCUT2D eigenvalue weighted by Gasteiger charge is 2.23. The minimum Gasteiger partial charge on any atom is -0.347 e. The zero-order chi connectivity index (χ0) is 15.8. The van der Waals surface area contributed by atoms with Crippen LogP contribution in [0, 0.1) is 0 Å². The number of aromatic nitrogens is 4. The van der Waals surface area contributed by atoms with Gasteiger partial charge in [0.1, 0.15) is 11.6 Å². The van der Waals surface area contributed by atoms with Crippen LogP contribution in [0.4, 0.5) is 0 Å². The van der Waals surface area contributed by atoms with Gasteiger partial charge in [0.25, 0.3) is 5.91 Å². The number of fused-ring (bicyclic) bond motifs is 2. The second-order valence-electron chi connectivity index (χ2n) is 5.74. The summed E-state index contributed by atoms with van der Waals surface area (Å²) in [6.45, 7) is 2.82. The van der Waals surface area contributed by atoms with Crippen molar-refractivity contribution < 1.29 is 4.79 Å². The van der Waals surface area contributed by atoms with E-state index in [1.165, 1.54) is 0 Å². The van der Waals surface area contributed by atoms with E-state index in [2.05, 4.69) is 32.0 Å². The molecule has 7 heteroatoms. The van der Waals surface area contributed by atoms with Gasteiger partial charge >= 0.3 is 0 Å². The lowest BCUT2D eigenvalue weighted by atomic mass is 10.1. The van der Waals surface area contributed by atoms with Crippen molar-refractivity contribution in [3.05, 3.63) is 40.9 Å². The predicted molar refractivity (Wildman–Crippen MR) is 88.6 cm³/mol. The number of benzene rings is 1. The largest absolute Gasteiger partial charge is 0.347 e. The van der Waals surface area contributed by atoms with Gasteiger partial charge in [-0.3, -0.25) is 4.79 Å². The Morgan fingerprint density at radius 3 is 3.22 bits per heavy atom. The number of amides is 1. The van der Waals surface area contributed by atoms with Crippen LogP contribution in [-0.4, -0.2) is 31.7 Å². The molecule has 1 aromatic carbocycles. The van der Waals surface area contributed by atoms with Crippen LogP contribution in [0.25, 0.3) is 10.2 Å². The Morgan fingerprint density at radius 2 is 2.35 bits per heavy atom. The van der Waals surface area contributed by atoms with Crippen molar-refractivity contribution in [3.8, 4) is 0 Å². The van der Waals surface area contributed by atoms with E-state index in [0.717, 1.165) is 47.7 Å². The molecule has 1 amide bonds. The van der Waals surface area contributed by atoms with Gasteiger partial charge in [-0.1, -0.05) is 6.92 Å². The fraction of sp³-hybridized carbons (Fsp3) is 0.375. The molecule has 0 fully saturated rings. The number of hydrogen-bond donors (Lipinski definition) is 1. The number of carbonyl (C=O) groups is 1. The van der Waals surface area contributed by atoms with Crippen LogP contribution in [0.1, 0.15) is 35.4 Å². The molecule has 0 radical (unpaired) electrons. The van der Waals surface area contributed by atoms with Crippen LogP contribution in [0.2, 0.25) is 0 Å². The summed E-state index contributed by atoms with van der Waals surface area (Å²) in [6.07, 6.45) is 2.61. The maximum atomic E-state index is 12.5. The van der Waals surface area contributed by atoms with E-state index in [4.69, 9.17) is 0 Å². The summed E-state index contributed by atoms with van der Waals surface area (Å²) in [5, 5.41) is 11.6. The lowest BCUT2D eigenvalue weighted by Gasteiger charge is -2.25. The van der Waals surface area contributed by atoms with Crippen molar-refractivity contribution in [1.82, 2.24) is 25.1 Å². The van der Waals surface area contributed by atoms with Gasteiger partial charge in [-0.2, -0.15) is 0 Å². The molecule has 0 spiro atoms. The van der Waals surface area contributed by atoms with Gasteiger partial charge in [0, 0.05) is 31.0 Å². The fourth-order valence-corrected chi connectivity index (χ4v) is 3.74. The molecule has 23 heavy (non-hydrogen) atoms. The molecule has 0 unspecified atom stereocenters. The first-order valence-electron chi connectivity index (χ1n) is 7.79. The van der Waals surface area contributed by atoms with Crippen molar-refractivity contribution in [2.45, 2.75) is 38.8 Å². The molecular formula is C16H17N5OS. The lowest BCUT2D eigenvalue weighted by molar-refractivity contribution is 0.0927. The van der Waals surface area contributed by atoms with Gasteiger partial charge in [-0.05, 0) is 24.6 Å². The molecule has 0 bridgehead atoms. The van der Waals surface area contributed by atoms with Crippen molar-refractivity contribution >= 4 is 27.5 Å². The average molecular weight is 327 g/mol. The van der Waals surface area contributed by atoms with Gasteiger partial charge in [-0.15, -0.1) is 21.5 Å². The van der Waals surface area contributed by atoms with Crippen LogP contribution < -0.4 is 5.32 Å². The summed E-state index contributed by atoms with van der Waals surface area (Å²) in [4.78, 5) is 16.8. The molecule has 1 aliphatic rings. The summed E-state index contributed by atoms with van der Waals surface area (Å²) in [7, 11) is 0. The Morgan fingerprint density at radius 1 is 1.43 bits per heavy atom. The molecule has 0 saturated heterocycles. The topological polar surface area (TPSA) is 72.7 Å². The summed E-state index contributed by atoms with van der Waals surface area (Å²) < 4.78 is 3.18. The molecule has 0 aliphatic carbocycles. The average Bonchev–Trinajstić information content (AvgIpc) is 3.20. The molecule has 4 rings (SSSR count). The van der Waals surface area contributed by atoms with Crippen molar-refractivity contribution in [3.63, 3.8) is 0 Å². The molecule has 0 saturated carbocycles. The van der Waals surface area contributed by atoms with E-state index < -0.39 is 0 Å². The van der Waals surface area contributed by atoms with E-state index in [0.29, 0.717) is 5.56 Å². The maximum Gasteiger partial charge on any atom is 0.251 e. The van der Waals surface area contributed by atoms with Crippen LogP contribution in [0.15, 0.2) is 23.7 Å². The van der Waals surface area contributed by atoms with Crippen LogP contribution in [0.3, 0.4) is 0 Å². The van der Waals surface area contributed by atoms with Gasteiger partial charge in [0.2, 0.25) is 0 Å². The summed E-state index contributed by atoms with van der Waals surface area (Å²) in [5.74, 6) is 1.99. The zero-order valence-corrected chi connectivity index (χ0v) is 13.6. The SMILES string of the molecule is CCc1nnc2n1C[C@H](NC(=O)c1ccc3ncsc3c1)CC2. The highest BCUT2D eigenvalue weighted by atomic mass is 32.1. The first-order valence-corrected chi connectivity index (χ1v) is 8.67. The Kier molecular flexibility index (Phi) is 3.57. The highest BCUT2D eigenvalue weighted by molar-refractivity contribution is 7.16. The molecule has 118 valence electrons. The third kappa shape index (κ3) is 2.61. The summed E-state index contributed by atoms with van der Waals surface area (Å²) in [5.41, 5.74) is 3.42. The van der Waals surface area contributed by atoms with E-state index in [9.17, 15) is 4.79 Å². The Labute approximate surface area is 137 Å². The number of aryl methyl sites for hydroxylation is 2. The lowest BCUT2D eigenvalue weighted by Crippen LogP contribution is -2.41. The number of hydrogen-bond acceptors (Lipinski definition) is 5. The van der Waals surface area contributed by atoms with Crippen molar-refractivity contribution in [2.75, 3.05) is 0 Å². The number of nitrogens with zero attached hydrogens (tertiary/aromatic N) is 4. The van der Waals surface area contributed by atoms with Crippen LogP contribution in [0.5, 0.6) is 0 Å². The normalized spacial score (nSPS) is 17.2. The minimum absolute atomic E-state index is 0.0279. The van der Waals surface area contributed by atoms with E-state index in [1.807, 2.05) is 18.2 Å². The molecule has 3 aromatic rings. The Balaban J connectivity index is 1.50. The fourth-order valence-electron chi connectivity index (χ4n) is 3.03. The third-order valence-corrected chi connectivity index (χ3v) is 5.06. The van der Waals surface area contributed by atoms with Gasteiger partial charge in [-0.25, -0.2) is 4.98 Å². The number of carbonyl (C=O) groups excluding carboxylic acids is 1. The molecule has 2 aromatic heterocycles. The summed E-state index contributed by atoms with van der Waals surface area (Å²) in [6, 6.07) is 5.76. The Bertz CT molecular complexity index is 855. The molecular weight excluding hydrogens is 310 g/mol. The second kappa shape index (κ2) is 5.73. The van der Waals surface area contributed by atoms with Gasteiger partial charge in [0.05, 0.1) is 15.7 Å². The first kappa shape index (κ1) is 14.3. The number of nitrogens with one attached hydrogen (secondary N) is 1. The number of rotatable bonds is 3. The van der Waals surface area contributed by atoms with E-state index in [1.54, 1.807) is 16.8 Å². The zero-order valence-electron chi connectivity index (χ0n) is 12.8. The van der Waals surface area contributed by atoms with Crippen LogP contribution in [-0.2, 0) is 19.4 Å². The monoisotopic (exact) mass is 327 g/mol. The smallest absolute Gasteiger partial charge is 0.251 e. The number of thiazole rings is 1. The van der Waals surface area contributed by atoms with Crippen LogP contribution >= 0.6 is 11.3 Å². The molecule has 1 atom stereocenters. The van der Waals surface area contributed by atoms with Crippen molar-refractivity contribution in [1.29, 1.82) is 0 Å². The molecule has 3 heterocycles. The quantitative estimate of drug-likeness (QED) is 0.800. The Hall–Kier alpha value is -2.28. The summed E-state index contributed by atoms with van der Waals surface area (Å²) >= 11 is 1.55. The maximum absolute atomic E-state index is 12.5. The first-order chi connectivity index (χ1) is 11.2. The second-order valence-corrected chi connectivity index (χ2v) is 6.63. The van der Waals surface area contributed by atoms with Gasteiger partial charge in [0.15, 0.2) is 0 Å². The molecule has 6 nitrogen and oxygen atoms in total. The van der Waals surface area contributed by atoms with Gasteiger partial charge < -0.3 is 9.88 Å². The predicted octanol–water partition coefficient (Wildman–Crippen LogP) is 2.19. The van der Waals surface area contributed by atoms with E-state index in [-0.39, 0.29) is 11.9 Å². The highest BCUT2D eigenvalue weighted by Crippen LogP contribution is 2.20. The molecule has 1 aliphatic heterocycles. The minimum atomic E-state index is -0.0279. The van der Waals surface area contributed by atoms with E-state index >= 15 is 0 Å². The standard InChI is InChI=1S/C16H17N5OS/c1-2-14-19-20-15-6-4-11(8-21(14)15)18-16(22)10-3-5-12-13(7-10)23-9-17-12/h3,5,7,9,11H,2,4,6,8H2,1H3,(H,18,22)/t11-/m1/s1.